The van der Waals surface area contributed by atoms with Crippen molar-refractivity contribution in [2.24, 2.45) is 5.92 Å². The number of ether oxygens (including phenoxy) is 3. The van der Waals surface area contributed by atoms with Crippen LogP contribution in [0.1, 0.15) is 27.7 Å². The molecule has 26 heavy (non-hydrogen) atoms. The molecule has 1 amide bonds. The highest BCUT2D eigenvalue weighted by Gasteiger charge is 2.34. The summed E-state index contributed by atoms with van der Waals surface area (Å²) in [6.07, 6.45) is 1.86. The summed E-state index contributed by atoms with van der Waals surface area (Å²) < 4.78 is 16.2. The molecule has 2 rings (SSSR count). The standard InChI is InChI=1S/C19H31N3O4/c1-13(2)18(22-11-14(3)26-15(4)12-22)19(23)21-16-6-7-17(20-10-16)25-9-8-24-5/h6-7,10,13-15,18H,8-9,11-12H2,1-5H3,(H,21,23). The number of carbonyl (C=O) groups excluding carboxylic acids is 1. The highest BCUT2D eigenvalue weighted by Crippen LogP contribution is 2.20. The number of amides is 1. The molecule has 146 valence electrons. The molecular weight excluding hydrogens is 334 g/mol. The van der Waals surface area contributed by atoms with E-state index in [1.54, 1.807) is 25.4 Å². The van der Waals surface area contributed by atoms with Gasteiger partial charge in [0.25, 0.3) is 0 Å². The number of nitrogens with zero attached hydrogens (tertiary/aromatic N) is 2. The summed E-state index contributed by atoms with van der Waals surface area (Å²) in [5.41, 5.74) is 0.661. The van der Waals surface area contributed by atoms with Gasteiger partial charge in [0.2, 0.25) is 11.8 Å². The van der Waals surface area contributed by atoms with Crippen LogP contribution in [0.25, 0.3) is 0 Å². The maximum absolute atomic E-state index is 12.9. The lowest BCUT2D eigenvalue weighted by atomic mass is 9.99. The van der Waals surface area contributed by atoms with Crippen molar-refractivity contribution in [2.45, 2.75) is 45.9 Å². The van der Waals surface area contributed by atoms with Crippen molar-refractivity contribution in [3.05, 3.63) is 18.3 Å². The number of aromatic nitrogens is 1. The zero-order valence-electron chi connectivity index (χ0n) is 16.4. The van der Waals surface area contributed by atoms with Gasteiger partial charge in [-0.1, -0.05) is 13.8 Å². The number of hydrogen-bond acceptors (Lipinski definition) is 6. The smallest absolute Gasteiger partial charge is 0.242 e. The summed E-state index contributed by atoms with van der Waals surface area (Å²) in [6, 6.07) is 3.34. The number of pyridine rings is 1. The molecular formula is C19H31N3O4. The molecule has 0 spiro atoms. The zero-order valence-corrected chi connectivity index (χ0v) is 16.4. The Hall–Kier alpha value is -1.70. The monoisotopic (exact) mass is 365 g/mol. The Morgan fingerprint density at radius 1 is 1.31 bits per heavy atom. The molecule has 1 aromatic heterocycles. The molecule has 1 aromatic rings. The third-order valence-electron chi connectivity index (χ3n) is 4.28. The Bertz CT molecular complexity index is 554. The predicted octanol–water partition coefficient (Wildman–Crippen LogP) is 2.18. The summed E-state index contributed by atoms with van der Waals surface area (Å²) in [6.45, 7) is 10.7. The van der Waals surface area contributed by atoms with Crippen LogP contribution in [0.5, 0.6) is 5.88 Å². The van der Waals surface area contributed by atoms with Crippen LogP contribution in [0, 0.1) is 5.92 Å². The van der Waals surface area contributed by atoms with Gasteiger partial charge in [-0.05, 0) is 25.8 Å². The topological polar surface area (TPSA) is 72.9 Å². The third kappa shape index (κ3) is 5.93. The molecule has 3 unspecified atom stereocenters. The van der Waals surface area contributed by atoms with Gasteiger partial charge in [-0.2, -0.15) is 0 Å². The predicted molar refractivity (Wildman–Crippen MR) is 100 cm³/mol. The van der Waals surface area contributed by atoms with E-state index in [0.29, 0.717) is 24.8 Å². The summed E-state index contributed by atoms with van der Waals surface area (Å²) in [7, 11) is 1.62. The van der Waals surface area contributed by atoms with Crippen LogP contribution in [0.15, 0.2) is 18.3 Å². The van der Waals surface area contributed by atoms with Crippen molar-refractivity contribution in [2.75, 3.05) is 38.7 Å². The Morgan fingerprint density at radius 2 is 2.00 bits per heavy atom. The molecule has 1 saturated heterocycles. The molecule has 0 aliphatic carbocycles. The number of anilines is 1. The SMILES string of the molecule is COCCOc1ccc(NC(=O)C(C(C)C)N2CC(C)OC(C)C2)cn1. The first-order chi connectivity index (χ1) is 12.4. The normalized spacial score (nSPS) is 22.2. The van der Waals surface area contributed by atoms with Crippen molar-refractivity contribution in [1.82, 2.24) is 9.88 Å². The largest absolute Gasteiger partial charge is 0.475 e. The first-order valence-electron chi connectivity index (χ1n) is 9.18. The Kier molecular flexibility index (Phi) is 7.81. The molecule has 1 N–H and O–H groups in total. The third-order valence-corrected chi connectivity index (χ3v) is 4.28. The average molecular weight is 365 g/mol. The van der Waals surface area contributed by atoms with E-state index in [1.165, 1.54) is 0 Å². The van der Waals surface area contributed by atoms with Crippen LogP contribution in [-0.4, -0.2) is 67.5 Å². The summed E-state index contributed by atoms with van der Waals surface area (Å²) in [5, 5.41) is 2.98. The van der Waals surface area contributed by atoms with Crippen LogP contribution in [0.4, 0.5) is 5.69 Å². The lowest BCUT2D eigenvalue weighted by Crippen LogP contribution is -2.55. The fraction of sp³-hybridized carbons (Fsp3) is 0.684. The Morgan fingerprint density at radius 3 is 2.54 bits per heavy atom. The van der Waals surface area contributed by atoms with Crippen LogP contribution in [0.2, 0.25) is 0 Å². The maximum atomic E-state index is 12.9. The molecule has 3 atom stereocenters. The minimum atomic E-state index is -0.207. The lowest BCUT2D eigenvalue weighted by molar-refractivity contribution is -0.130. The number of rotatable bonds is 8. The fourth-order valence-electron chi connectivity index (χ4n) is 3.32. The van der Waals surface area contributed by atoms with E-state index in [0.717, 1.165) is 13.1 Å². The van der Waals surface area contributed by atoms with Gasteiger partial charge in [0.1, 0.15) is 6.61 Å². The first-order valence-corrected chi connectivity index (χ1v) is 9.18. The molecule has 0 aromatic carbocycles. The highest BCUT2D eigenvalue weighted by molar-refractivity contribution is 5.94. The molecule has 7 nitrogen and oxygen atoms in total. The Labute approximate surface area is 156 Å². The summed E-state index contributed by atoms with van der Waals surface area (Å²) in [5.74, 6) is 0.685. The van der Waals surface area contributed by atoms with Crippen LogP contribution >= 0.6 is 0 Å². The van der Waals surface area contributed by atoms with Crippen molar-refractivity contribution in [3.63, 3.8) is 0 Å². The summed E-state index contributed by atoms with van der Waals surface area (Å²) in [4.78, 5) is 19.3. The van der Waals surface area contributed by atoms with Gasteiger partial charge in [0, 0.05) is 26.3 Å². The van der Waals surface area contributed by atoms with E-state index in [2.05, 4.69) is 29.0 Å². The van der Waals surface area contributed by atoms with E-state index in [9.17, 15) is 4.79 Å². The van der Waals surface area contributed by atoms with Gasteiger partial charge in [-0.15, -0.1) is 0 Å². The van der Waals surface area contributed by atoms with Crippen molar-refractivity contribution in [3.8, 4) is 5.88 Å². The number of morpholine rings is 1. The van der Waals surface area contributed by atoms with Gasteiger partial charge in [0.15, 0.2) is 0 Å². The second kappa shape index (κ2) is 9.85. The summed E-state index contributed by atoms with van der Waals surface area (Å²) >= 11 is 0. The minimum Gasteiger partial charge on any atom is -0.475 e. The van der Waals surface area contributed by atoms with Crippen molar-refractivity contribution in [1.29, 1.82) is 0 Å². The number of methoxy groups -OCH3 is 1. The van der Waals surface area contributed by atoms with E-state index < -0.39 is 0 Å². The molecule has 1 aliphatic heterocycles. The van der Waals surface area contributed by atoms with Gasteiger partial charge >= 0.3 is 0 Å². The van der Waals surface area contributed by atoms with Crippen LogP contribution in [0.3, 0.4) is 0 Å². The second-order valence-corrected chi connectivity index (χ2v) is 7.12. The number of nitrogens with one attached hydrogen (secondary N) is 1. The molecule has 1 aliphatic rings. The number of hydrogen-bond donors (Lipinski definition) is 1. The zero-order chi connectivity index (χ0) is 19.1. The second-order valence-electron chi connectivity index (χ2n) is 7.12. The van der Waals surface area contributed by atoms with Crippen LogP contribution < -0.4 is 10.1 Å². The maximum Gasteiger partial charge on any atom is 0.242 e. The van der Waals surface area contributed by atoms with Gasteiger partial charge in [-0.3, -0.25) is 9.69 Å². The van der Waals surface area contributed by atoms with Crippen molar-refractivity contribution >= 4 is 11.6 Å². The van der Waals surface area contributed by atoms with Crippen LogP contribution in [-0.2, 0) is 14.3 Å². The van der Waals surface area contributed by atoms with E-state index in [1.807, 2.05) is 13.8 Å². The first kappa shape index (κ1) is 20.6. The molecule has 0 radical (unpaired) electrons. The molecule has 1 fully saturated rings. The van der Waals surface area contributed by atoms with E-state index in [4.69, 9.17) is 14.2 Å². The molecule has 0 saturated carbocycles. The highest BCUT2D eigenvalue weighted by atomic mass is 16.5. The van der Waals surface area contributed by atoms with E-state index in [-0.39, 0.29) is 30.1 Å². The molecule has 2 heterocycles. The van der Waals surface area contributed by atoms with E-state index >= 15 is 0 Å². The quantitative estimate of drug-likeness (QED) is 0.712. The molecule has 7 heteroatoms. The van der Waals surface area contributed by atoms with Gasteiger partial charge in [-0.25, -0.2) is 4.98 Å². The average Bonchev–Trinajstić information content (AvgIpc) is 2.55. The van der Waals surface area contributed by atoms with Gasteiger partial charge < -0.3 is 19.5 Å². The lowest BCUT2D eigenvalue weighted by Gasteiger charge is -2.41. The number of carbonyl (C=O) groups is 1. The Balaban J connectivity index is 1.98. The van der Waals surface area contributed by atoms with Crippen molar-refractivity contribution < 1.29 is 19.0 Å². The van der Waals surface area contributed by atoms with Gasteiger partial charge in [0.05, 0.1) is 36.7 Å². The molecule has 0 bridgehead atoms. The minimum absolute atomic E-state index is 0.0175. The fourth-order valence-corrected chi connectivity index (χ4v) is 3.32.